The van der Waals surface area contributed by atoms with Gasteiger partial charge in [0.15, 0.2) is 0 Å². The highest BCUT2D eigenvalue weighted by Gasteiger charge is 2.31. The van der Waals surface area contributed by atoms with E-state index in [-0.39, 0.29) is 6.04 Å². The fraction of sp³-hybridized carbons (Fsp3) is 0.500. The van der Waals surface area contributed by atoms with Gasteiger partial charge in [0.05, 0.1) is 17.4 Å². The molecule has 0 aromatic heterocycles. The third-order valence-electron chi connectivity index (χ3n) is 7.40. The molecule has 2 saturated carbocycles. The molecule has 6 nitrogen and oxygen atoms in total. The van der Waals surface area contributed by atoms with Crippen molar-refractivity contribution in [1.29, 1.82) is 0 Å². The van der Waals surface area contributed by atoms with E-state index in [2.05, 4.69) is 17.3 Å². The maximum absolute atomic E-state index is 10.8. The summed E-state index contributed by atoms with van der Waals surface area (Å²) >= 11 is 0. The quantitative estimate of drug-likeness (QED) is 0.404. The molecule has 0 saturated heterocycles. The highest BCUT2D eigenvalue weighted by atomic mass is 16.3. The summed E-state index contributed by atoms with van der Waals surface area (Å²) in [5, 5.41) is 3.25. The van der Waals surface area contributed by atoms with Crippen molar-refractivity contribution in [1.82, 2.24) is 0 Å². The Kier molecular flexibility index (Phi) is 5.84. The molecule has 2 aliphatic carbocycles. The molecule has 0 heterocycles. The molecule has 4 rings (SSSR count). The lowest BCUT2D eigenvalue weighted by atomic mass is 9.69. The van der Waals surface area contributed by atoms with E-state index in [4.69, 9.17) is 22.9 Å². The van der Waals surface area contributed by atoms with Crippen LogP contribution in [-0.2, 0) is 0 Å². The molecule has 160 valence electrons. The molecule has 0 unspecified atom stereocenters. The largest absolute Gasteiger partial charge is 0.398 e. The predicted molar refractivity (Wildman–Crippen MR) is 126 cm³/mol. The second kappa shape index (κ2) is 8.54. The summed E-state index contributed by atoms with van der Waals surface area (Å²) < 4.78 is 0. The zero-order chi connectivity index (χ0) is 21.3. The van der Waals surface area contributed by atoms with E-state index in [0.717, 1.165) is 48.6 Å². The van der Waals surface area contributed by atoms with Crippen molar-refractivity contribution in [3.05, 3.63) is 40.8 Å². The van der Waals surface area contributed by atoms with Crippen LogP contribution < -0.4 is 22.9 Å². The Hall–Kier alpha value is -2.76. The Bertz CT molecular complexity index is 889. The number of nitrogens with two attached hydrogens (primary N) is 4. The maximum atomic E-state index is 10.8. The van der Waals surface area contributed by atoms with Gasteiger partial charge in [-0.1, -0.05) is 11.2 Å². The van der Waals surface area contributed by atoms with Crippen LogP contribution in [0, 0.1) is 16.7 Å². The third kappa shape index (κ3) is 4.09. The second-order valence-corrected chi connectivity index (χ2v) is 9.20. The molecule has 0 atom stereocenters. The van der Waals surface area contributed by atoms with E-state index < -0.39 is 0 Å². The van der Waals surface area contributed by atoms with Gasteiger partial charge in [-0.05, 0) is 105 Å². The summed E-state index contributed by atoms with van der Waals surface area (Å²) in [5.74, 6) is 2.04. The highest BCUT2D eigenvalue weighted by molar-refractivity contribution is 5.89. The van der Waals surface area contributed by atoms with Gasteiger partial charge >= 0.3 is 0 Å². The van der Waals surface area contributed by atoms with Crippen molar-refractivity contribution >= 4 is 22.7 Å². The molecule has 0 amide bonds. The van der Waals surface area contributed by atoms with E-state index >= 15 is 0 Å². The topological polar surface area (TPSA) is 134 Å². The molecule has 2 fully saturated rings. The number of anilines is 4. The van der Waals surface area contributed by atoms with Crippen molar-refractivity contribution < 1.29 is 0 Å². The molecule has 2 aromatic carbocycles. The van der Waals surface area contributed by atoms with Crippen molar-refractivity contribution in [3.8, 4) is 11.1 Å². The van der Waals surface area contributed by atoms with Crippen molar-refractivity contribution in [2.24, 2.45) is 17.0 Å². The third-order valence-corrected chi connectivity index (χ3v) is 7.40. The van der Waals surface area contributed by atoms with Crippen LogP contribution in [0.3, 0.4) is 0 Å². The van der Waals surface area contributed by atoms with Gasteiger partial charge in [0, 0.05) is 16.9 Å². The molecule has 0 spiro atoms. The maximum Gasteiger partial charge on any atom is 0.0920 e. The van der Waals surface area contributed by atoms with Crippen LogP contribution >= 0.6 is 0 Å². The molecule has 2 aliphatic rings. The number of hydrogen-bond acceptors (Lipinski definition) is 6. The Labute approximate surface area is 178 Å². The van der Waals surface area contributed by atoms with E-state index in [0.29, 0.717) is 28.7 Å². The zero-order valence-corrected chi connectivity index (χ0v) is 17.5. The van der Waals surface area contributed by atoms with E-state index in [1.54, 1.807) is 6.07 Å². The normalized spacial score (nSPS) is 26.9. The van der Waals surface area contributed by atoms with E-state index in [1.165, 1.54) is 31.2 Å². The van der Waals surface area contributed by atoms with E-state index in [9.17, 15) is 4.91 Å². The number of benzene rings is 2. The molecular weight excluding hydrogens is 374 g/mol. The lowest BCUT2D eigenvalue weighted by Crippen LogP contribution is -2.26. The summed E-state index contributed by atoms with van der Waals surface area (Å²) in [6.07, 6.45) is 9.08. The van der Waals surface area contributed by atoms with Gasteiger partial charge in [0.2, 0.25) is 0 Å². The SMILES string of the molecule is Nc1ccc(-c2c(N)cc(C3CCC(C4CCC(N=O)CC4)CC3)cc2N)cc1N. The van der Waals surface area contributed by atoms with Gasteiger partial charge in [0.25, 0.3) is 0 Å². The Morgan fingerprint density at radius 2 is 1.23 bits per heavy atom. The first-order chi connectivity index (χ1) is 14.5. The lowest BCUT2D eigenvalue weighted by molar-refractivity contribution is 0.178. The van der Waals surface area contributed by atoms with Crippen LogP contribution in [0.15, 0.2) is 35.5 Å². The first-order valence-electron chi connectivity index (χ1n) is 11.1. The van der Waals surface area contributed by atoms with Crippen LogP contribution in [0.5, 0.6) is 0 Å². The minimum atomic E-state index is 0.0541. The van der Waals surface area contributed by atoms with Gasteiger partial charge in [-0.15, -0.1) is 0 Å². The molecular formula is C24H33N5O. The average molecular weight is 408 g/mol. The molecule has 2 aromatic rings. The summed E-state index contributed by atoms with van der Waals surface area (Å²) in [6.45, 7) is 0. The molecule has 6 heteroatoms. The number of rotatable bonds is 4. The number of nitroso groups, excluding NO2 is 1. The van der Waals surface area contributed by atoms with Crippen LogP contribution in [0.1, 0.15) is 62.8 Å². The summed E-state index contributed by atoms with van der Waals surface area (Å²) in [4.78, 5) is 10.8. The Morgan fingerprint density at radius 1 is 0.667 bits per heavy atom. The minimum Gasteiger partial charge on any atom is -0.398 e. The first kappa shape index (κ1) is 20.5. The van der Waals surface area contributed by atoms with Crippen LogP contribution in [0.4, 0.5) is 22.7 Å². The molecule has 0 radical (unpaired) electrons. The zero-order valence-electron chi connectivity index (χ0n) is 17.5. The van der Waals surface area contributed by atoms with Crippen LogP contribution in [0.25, 0.3) is 11.1 Å². The Balaban J connectivity index is 1.44. The van der Waals surface area contributed by atoms with Gasteiger partial charge < -0.3 is 22.9 Å². The van der Waals surface area contributed by atoms with Gasteiger partial charge in [-0.2, -0.15) is 4.91 Å². The smallest absolute Gasteiger partial charge is 0.0920 e. The summed E-state index contributed by atoms with van der Waals surface area (Å²) in [7, 11) is 0. The molecule has 0 aliphatic heterocycles. The highest BCUT2D eigenvalue weighted by Crippen LogP contribution is 2.45. The first-order valence-corrected chi connectivity index (χ1v) is 11.1. The molecule has 0 bridgehead atoms. The van der Waals surface area contributed by atoms with Crippen LogP contribution in [-0.4, -0.2) is 6.04 Å². The summed E-state index contributed by atoms with van der Waals surface area (Å²) in [5.41, 5.74) is 30.1. The number of hydrogen-bond donors (Lipinski definition) is 4. The predicted octanol–water partition coefficient (Wildman–Crippen LogP) is 5.28. The van der Waals surface area contributed by atoms with Crippen LogP contribution in [0.2, 0.25) is 0 Å². The lowest BCUT2D eigenvalue weighted by Gasteiger charge is -2.37. The monoisotopic (exact) mass is 407 g/mol. The minimum absolute atomic E-state index is 0.0541. The van der Waals surface area contributed by atoms with Crippen molar-refractivity contribution in [2.75, 3.05) is 22.9 Å². The second-order valence-electron chi connectivity index (χ2n) is 9.20. The fourth-order valence-electron chi connectivity index (χ4n) is 5.61. The molecule has 8 N–H and O–H groups in total. The van der Waals surface area contributed by atoms with Crippen molar-refractivity contribution in [2.45, 2.75) is 63.3 Å². The molecule has 30 heavy (non-hydrogen) atoms. The summed E-state index contributed by atoms with van der Waals surface area (Å²) in [6, 6.07) is 9.76. The van der Waals surface area contributed by atoms with Gasteiger partial charge in [-0.3, -0.25) is 0 Å². The van der Waals surface area contributed by atoms with Gasteiger partial charge in [0.1, 0.15) is 0 Å². The average Bonchev–Trinajstić information content (AvgIpc) is 2.76. The Morgan fingerprint density at radius 3 is 1.77 bits per heavy atom. The number of nitrogen functional groups attached to an aromatic ring is 4. The van der Waals surface area contributed by atoms with Gasteiger partial charge in [-0.25, -0.2) is 0 Å². The standard InChI is InChI=1S/C24H33N5O/c25-20-10-7-17(11-21(20)26)24-22(27)12-18(13-23(24)28)16-3-1-14(2-4-16)15-5-8-19(29-30)9-6-15/h7,10-16,19H,1-6,8-9,25-28H2. The van der Waals surface area contributed by atoms with E-state index in [1.807, 2.05) is 12.1 Å². The van der Waals surface area contributed by atoms with Crippen molar-refractivity contribution in [3.63, 3.8) is 0 Å². The fourth-order valence-corrected chi connectivity index (χ4v) is 5.61. The number of nitrogens with zero attached hydrogens (tertiary/aromatic N) is 1.